The second-order valence-electron chi connectivity index (χ2n) is 12.4. The number of amides is 4. The number of hydrogen-bond donors (Lipinski definition) is 3. The summed E-state index contributed by atoms with van der Waals surface area (Å²) in [5.41, 5.74) is 2.46. The monoisotopic (exact) mass is 588 g/mol. The molecule has 4 amide bonds. The largest absolute Gasteiger partial charge is 0.391 e. The van der Waals surface area contributed by atoms with Crippen LogP contribution >= 0.6 is 0 Å². The maximum Gasteiger partial charge on any atom is 0.251 e. The van der Waals surface area contributed by atoms with E-state index < -0.39 is 24.0 Å². The summed E-state index contributed by atoms with van der Waals surface area (Å²) in [7, 11) is 0. The van der Waals surface area contributed by atoms with E-state index in [0.717, 1.165) is 44.1 Å². The summed E-state index contributed by atoms with van der Waals surface area (Å²) in [4.78, 5) is 55.3. The summed E-state index contributed by atoms with van der Waals surface area (Å²) in [5.74, 6) is -0.910. The highest BCUT2D eigenvalue weighted by atomic mass is 16.3. The normalized spacial score (nSPS) is 19.8. The number of aliphatic hydroxyl groups is 1. The Balaban J connectivity index is 1.35. The molecule has 0 spiro atoms. The van der Waals surface area contributed by atoms with Gasteiger partial charge in [-0.25, -0.2) is 0 Å². The Bertz CT molecular complexity index is 1260. The van der Waals surface area contributed by atoms with Gasteiger partial charge in [-0.15, -0.1) is 0 Å². The molecule has 1 unspecified atom stereocenters. The van der Waals surface area contributed by atoms with Crippen molar-refractivity contribution in [3.8, 4) is 0 Å². The van der Waals surface area contributed by atoms with Crippen LogP contribution < -0.4 is 20.4 Å². The number of nitrogens with zero attached hydrogens (tertiary/aromatic N) is 2. The lowest BCUT2D eigenvalue weighted by atomic mass is 9.92. The number of anilines is 2. The maximum absolute atomic E-state index is 13.8. The molecule has 1 aliphatic carbocycles. The fraction of sp³-hybridized carbons (Fsp3) is 0.529. The third kappa shape index (κ3) is 7.82. The van der Waals surface area contributed by atoms with E-state index in [1.807, 2.05) is 43.3 Å². The first-order valence-electron chi connectivity index (χ1n) is 15.9. The molecule has 9 nitrogen and oxygen atoms in total. The molecule has 3 aliphatic rings. The molecule has 230 valence electrons. The zero-order chi connectivity index (χ0) is 30.3. The quantitative estimate of drug-likeness (QED) is 0.365. The van der Waals surface area contributed by atoms with E-state index in [-0.39, 0.29) is 30.2 Å². The number of aliphatic hydroxyl groups excluding tert-OH is 1. The molecule has 0 bridgehead atoms. The molecule has 2 heterocycles. The van der Waals surface area contributed by atoms with Crippen molar-refractivity contribution in [3.05, 3.63) is 59.7 Å². The molecule has 3 N–H and O–H groups in total. The fourth-order valence-electron chi connectivity index (χ4n) is 6.51. The van der Waals surface area contributed by atoms with Gasteiger partial charge in [0.2, 0.25) is 17.7 Å². The van der Waals surface area contributed by atoms with Crippen LogP contribution in [0.15, 0.2) is 48.5 Å². The van der Waals surface area contributed by atoms with Crippen LogP contribution in [0.3, 0.4) is 0 Å². The Morgan fingerprint density at radius 2 is 1.49 bits per heavy atom. The van der Waals surface area contributed by atoms with Gasteiger partial charge in [0.15, 0.2) is 0 Å². The molecule has 2 aliphatic heterocycles. The topological polar surface area (TPSA) is 119 Å². The van der Waals surface area contributed by atoms with Crippen LogP contribution in [0.1, 0.15) is 87.1 Å². The van der Waals surface area contributed by atoms with Gasteiger partial charge >= 0.3 is 0 Å². The van der Waals surface area contributed by atoms with E-state index >= 15 is 0 Å². The van der Waals surface area contributed by atoms with Crippen LogP contribution in [-0.4, -0.2) is 60.0 Å². The van der Waals surface area contributed by atoms with Crippen molar-refractivity contribution in [3.63, 3.8) is 0 Å². The first-order chi connectivity index (χ1) is 20.8. The maximum atomic E-state index is 13.8. The highest BCUT2D eigenvalue weighted by molar-refractivity contribution is 6.03. The highest BCUT2D eigenvalue weighted by Gasteiger charge is 2.30. The Kier molecular flexibility index (Phi) is 10.1. The molecule has 0 aromatic heterocycles. The summed E-state index contributed by atoms with van der Waals surface area (Å²) < 4.78 is 0. The van der Waals surface area contributed by atoms with Gasteiger partial charge in [-0.2, -0.15) is 0 Å². The zero-order valence-corrected chi connectivity index (χ0v) is 25.1. The van der Waals surface area contributed by atoms with Gasteiger partial charge in [0, 0.05) is 54.8 Å². The summed E-state index contributed by atoms with van der Waals surface area (Å²) >= 11 is 0. The van der Waals surface area contributed by atoms with Crippen molar-refractivity contribution in [1.82, 2.24) is 10.6 Å². The summed E-state index contributed by atoms with van der Waals surface area (Å²) in [6.07, 6.45) is 7.41. The predicted octanol–water partition coefficient (Wildman–Crippen LogP) is 4.12. The number of carbonyl (C=O) groups excluding carboxylic acids is 4. The van der Waals surface area contributed by atoms with Crippen molar-refractivity contribution in [1.29, 1.82) is 0 Å². The fourth-order valence-corrected chi connectivity index (χ4v) is 6.51. The SMILES string of the molecule is C[C@@H](C[C@@H](O)C(Cc1ccccc1)NC(=O)c1cc(N2CCCC2=O)cc(N2CCCC2=O)c1)C(=O)NC1CCCCC1. The Morgan fingerprint density at radius 1 is 0.884 bits per heavy atom. The van der Waals surface area contributed by atoms with E-state index in [1.165, 1.54) is 6.42 Å². The molecule has 2 aromatic rings. The van der Waals surface area contributed by atoms with Crippen LogP contribution in [-0.2, 0) is 20.8 Å². The highest BCUT2D eigenvalue weighted by Crippen LogP contribution is 2.31. The molecular formula is C34H44N4O5. The third-order valence-corrected chi connectivity index (χ3v) is 9.01. The van der Waals surface area contributed by atoms with Crippen molar-refractivity contribution >= 4 is 35.0 Å². The minimum Gasteiger partial charge on any atom is -0.391 e. The van der Waals surface area contributed by atoms with Crippen molar-refractivity contribution < 1.29 is 24.3 Å². The van der Waals surface area contributed by atoms with Crippen LogP contribution in [0.2, 0.25) is 0 Å². The standard InChI is InChI=1S/C34H44N4O5/c1-23(33(42)35-26-12-6-3-7-13-26)18-30(39)29(19-24-10-4-2-5-11-24)36-34(43)25-20-27(37-16-8-14-31(37)40)22-28(21-25)38-17-9-15-32(38)41/h2,4-5,10-11,20-23,26,29-30,39H,3,6-9,12-19H2,1H3,(H,35,42)(H,36,43)/t23-,29?,30+/m0/s1. The first-order valence-corrected chi connectivity index (χ1v) is 15.9. The van der Waals surface area contributed by atoms with Crippen molar-refractivity contribution in [2.45, 2.75) is 95.7 Å². The number of hydrogen-bond acceptors (Lipinski definition) is 5. The Hall–Kier alpha value is -3.72. The lowest BCUT2D eigenvalue weighted by Crippen LogP contribution is -2.47. The van der Waals surface area contributed by atoms with Gasteiger partial charge in [-0.1, -0.05) is 56.5 Å². The van der Waals surface area contributed by atoms with Crippen LogP contribution in [0.4, 0.5) is 11.4 Å². The van der Waals surface area contributed by atoms with E-state index in [9.17, 15) is 24.3 Å². The molecular weight excluding hydrogens is 544 g/mol. The minimum atomic E-state index is -0.973. The van der Waals surface area contributed by atoms with Crippen LogP contribution in [0, 0.1) is 5.92 Å². The third-order valence-electron chi connectivity index (χ3n) is 9.01. The molecule has 9 heteroatoms. The van der Waals surface area contributed by atoms with E-state index in [1.54, 1.807) is 21.9 Å². The van der Waals surface area contributed by atoms with Crippen molar-refractivity contribution in [2.75, 3.05) is 22.9 Å². The Morgan fingerprint density at radius 3 is 2.05 bits per heavy atom. The molecule has 1 saturated carbocycles. The second-order valence-corrected chi connectivity index (χ2v) is 12.4. The summed E-state index contributed by atoms with van der Waals surface area (Å²) in [6, 6.07) is 14.4. The molecule has 2 saturated heterocycles. The summed E-state index contributed by atoms with van der Waals surface area (Å²) in [6.45, 7) is 2.94. The molecule has 2 aromatic carbocycles. The van der Waals surface area contributed by atoms with Gasteiger partial charge in [0.05, 0.1) is 12.1 Å². The number of rotatable bonds is 11. The van der Waals surface area contributed by atoms with Gasteiger partial charge < -0.3 is 25.5 Å². The Labute approximate surface area is 254 Å². The zero-order valence-electron chi connectivity index (χ0n) is 25.1. The molecule has 0 radical (unpaired) electrons. The second kappa shape index (κ2) is 14.2. The van der Waals surface area contributed by atoms with E-state index in [0.29, 0.717) is 49.3 Å². The lowest BCUT2D eigenvalue weighted by Gasteiger charge is -2.28. The predicted molar refractivity (Wildman–Crippen MR) is 166 cm³/mol. The molecule has 43 heavy (non-hydrogen) atoms. The van der Waals surface area contributed by atoms with Crippen LogP contribution in [0.25, 0.3) is 0 Å². The smallest absolute Gasteiger partial charge is 0.251 e. The first kappa shape index (κ1) is 30.7. The lowest BCUT2D eigenvalue weighted by molar-refractivity contribution is -0.126. The van der Waals surface area contributed by atoms with Gasteiger partial charge in [0.25, 0.3) is 5.91 Å². The van der Waals surface area contributed by atoms with E-state index in [2.05, 4.69) is 10.6 Å². The number of benzene rings is 2. The molecule has 3 fully saturated rings. The number of nitrogens with one attached hydrogen (secondary N) is 2. The van der Waals surface area contributed by atoms with Gasteiger partial charge in [0.1, 0.15) is 0 Å². The molecule has 3 atom stereocenters. The van der Waals surface area contributed by atoms with Gasteiger partial charge in [-0.3, -0.25) is 19.2 Å². The summed E-state index contributed by atoms with van der Waals surface area (Å²) in [5, 5.41) is 17.6. The molecule has 5 rings (SSSR count). The van der Waals surface area contributed by atoms with Crippen molar-refractivity contribution in [2.24, 2.45) is 5.92 Å². The van der Waals surface area contributed by atoms with Gasteiger partial charge in [-0.05, 0) is 62.3 Å². The average Bonchev–Trinajstić information content (AvgIpc) is 3.65. The average molecular weight is 589 g/mol. The van der Waals surface area contributed by atoms with E-state index in [4.69, 9.17) is 0 Å². The minimum absolute atomic E-state index is 0.00544. The van der Waals surface area contributed by atoms with Crippen LogP contribution in [0.5, 0.6) is 0 Å². The number of carbonyl (C=O) groups is 4.